The van der Waals surface area contributed by atoms with E-state index in [4.69, 9.17) is 9.15 Å². The van der Waals surface area contributed by atoms with Crippen LogP contribution in [0.15, 0.2) is 77.9 Å². The summed E-state index contributed by atoms with van der Waals surface area (Å²) in [6.45, 7) is 6.93. The van der Waals surface area contributed by atoms with Crippen LogP contribution in [0.25, 0.3) is 11.5 Å². The fraction of sp³-hybridized carbons (Fsp3) is 0.208. The zero-order valence-corrected chi connectivity index (χ0v) is 16.8. The van der Waals surface area contributed by atoms with Gasteiger partial charge in [0.15, 0.2) is 12.2 Å². The molecule has 0 aliphatic carbocycles. The Morgan fingerprint density at radius 2 is 1.59 bits per heavy atom. The van der Waals surface area contributed by atoms with Crippen molar-refractivity contribution in [3.05, 3.63) is 95.8 Å². The molecule has 0 fully saturated rings. The number of hydrogen-bond donors (Lipinski definition) is 0. The van der Waals surface area contributed by atoms with Gasteiger partial charge >= 0.3 is 0 Å². The maximum atomic E-state index is 5.92. The molecule has 0 N–H and O–H groups in total. The number of nitrogens with zero attached hydrogens (tertiary/aromatic N) is 3. The summed E-state index contributed by atoms with van der Waals surface area (Å²) in [5.74, 6) is 1.32. The average molecular weight is 385 g/mol. The Morgan fingerprint density at radius 1 is 0.897 bits per heavy atom. The predicted octanol–water partition coefficient (Wildman–Crippen LogP) is 5.34. The van der Waals surface area contributed by atoms with E-state index in [-0.39, 0.29) is 5.41 Å². The van der Waals surface area contributed by atoms with Gasteiger partial charge in [0.2, 0.25) is 0 Å². The summed E-state index contributed by atoms with van der Waals surface area (Å²) in [6, 6.07) is 18.8. The van der Waals surface area contributed by atoms with Crippen molar-refractivity contribution in [2.45, 2.75) is 32.8 Å². The van der Waals surface area contributed by atoms with Gasteiger partial charge in [-0.25, -0.2) is 15.0 Å². The standard InChI is InChI=1S/C24H23N3O2/c1-17-4-6-18(7-5-17)24(2,3)19-8-10-21(11-9-19)29-14-20-12-13-25-23(27-20)22-15-28-16-26-22/h4-13,15-16H,14H2,1-3H3. The fourth-order valence-electron chi connectivity index (χ4n) is 3.18. The summed E-state index contributed by atoms with van der Waals surface area (Å²) in [5, 5.41) is 0. The molecule has 0 unspecified atom stereocenters. The van der Waals surface area contributed by atoms with Gasteiger partial charge in [-0.15, -0.1) is 0 Å². The lowest BCUT2D eigenvalue weighted by atomic mass is 9.78. The van der Waals surface area contributed by atoms with E-state index in [0.717, 1.165) is 11.4 Å². The van der Waals surface area contributed by atoms with Crippen LogP contribution in [0.4, 0.5) is 0 Å². The average Bonchev–Trinajstić information content (AvgIpc) is 3.28. The van der Waals surface area contributed by atoms with Gasteiger partial charge in [-0.2, -0.15) is 0 Å². The van der Waals surface area contributed by atoms with Crippen molar-refractivity contribution in [3.8, 4) is 17.3 Å². The highest BCUT2D eigenvalue weighted by molar-refractivity contribution is 5.46. The molecule has 4 rings (SSSR count). The molecular weight excluding hydrogens is 362 g/mol. The Bertz CT molecular complexity index is 1070. The predicted molar refractivity (Wildman–Crippen MR) is 112 cm³/mol. The lowest BCUT2D eigenvalue weighted by molar-refractivity contribution is 0.301. The Balaban J connectivity index is 1.45. The van der Waals surface area contributed by atoms with Crippen LogP contribution in [0, 0.1) is 6.92 Å². The van der Waals surface area contributed by atoms with Gasteiger partial charge in [0.05, 0.1) is 5.69 Å². The van der Waals surface area contributed by atoms with Gasteiger partial charge in [0, 0.05) is 11.6 Å². The molecule has 5 heteroatoms. The first-order valence-corrected chi connectivity index (χ1v) is 9.53. The molecule has 2 heterocycles. The van der Waals surface area contributed by atoms with Crippen molar-refractivity contribution in [3.63, 3.8) is 0 Å². The zero-order valence-electron chi connectivity index (χ0n) is 16.8. The van der Waals surface area contributed by atoms with Crippen LogP contribution in [-0.4, -0.2) is 15.0 Å². The van der Waals surface area contributed by atoms with Crippen LogP contribution in [0.3, 0.4) is 0 Å². The number of oxazole rings is 1. The normalized spacial score (nSPS) is 11.4. The van der Waals surface area contributed by atoms with Crippen LogP contribution in [0.2, 0.25) is 0 Å². The minimum absolute atomic E-state index is 0.0780. The molecule has 2 aromatic carbocycles. The van der Waals surface area contributed by atoms with E-state index in [9.17, 15) is 0 Å². The number of aromatic nitrogens is 3. The second-order valence-corrected chi connectivity index (χ2v) is 7.55. The molecule has 0 radical (unpaired) electrons. The zero-order chi connectivity index (χ0) is 20.3. The summed E-state index contributed by atoms with van der Waals surface area (Å²) < 4.78 is 10.9. The van der Waals surface area contributed by atoms with Crippen molar-refractivity contribution >= 4 is 0 Å². The highest BCUT2D eigenvalue weighted by Crippen LogP contribution is 2.32. The first-order chi connectivity index (χ1) is 14.0. The van der Waals surface area contributed by atoms with E-state index in [1.165, 1.54) is 29.3 Å². The Hall–Kier alpha value is -3.47. The second-order valence-electron chi connectivity index (χ2n) is 7.55. The van der Waals surface area contributed by atoms with E-state index >= 15 is 0 Å². The summed E-state index contributed by atoms with van der Waals surface area (Å²) in [7, 11) is 0. The largest absolute Gasteiger partial charge is 0.487 e. The summed E-state index contributed by atoms with van der Waals surface area (Å²) in [4.78, 5) is 12.8. The van der Waals surface area contributed by atoms with Crippen molar-refractivity contribution in [2.75, 3.05) is 0 Å². The van der Waals surface area contributed by atoms with Crippen LogP contribution in [0.1, 0.15) is 36.2 Å². The van der Waals surface area contributed by atoms with E-state index in [1.807, 2.05) is 18.2 Å². The molecule has 4 aromatic rings. The lowest BCUT2D eigenvalue weighted by Crippen LogP contribution is -2.18. The SMILES string of the molecule is Cc1ccc(C(C)(C)c2ccc(OCc3ccnc(-c4cocn4)n3)cc2)cc1. The van der Waals surface area contributed by atoms with Crippen LogP contribution in [-0.2, 0) is 12.0 Å². The summed E-state index contributed by atoms with van der Waals surface area (Å²) in [5.41, 5.74) is 5.11. The lowest BCUT2D eigenvalue weighted by Gasteiger charge is -2.26. The number of rotatable bonds is 6. The van der Waals surface area contributed by atoms with E-state index in [2.05, 4.69) is 72.1 Å². The van der Waals surface area contributed by atoms with E-state index < -0.39 is 0 Å². The Labute approximate surface area is 170 Å². The first kappa shape index (κ1) is 18.9. The van der Waals surface area contributed by atoms with Crippen molar-refractivity contribution in [1.82, 2.24) is 15.0 Å². The molecule has 0 amide bonds. The molecule has 0 atom stereocenters. The molecule has 29 heavy (non-hydrogen) atoms. The Kier molecular flexibility index (Phi) is 5.12. The molecule has 0 bridgehead atoms. The number of aryl methyl sites for hydroxylation is 1. The maximum absolute atomic E-state index is 5.92. The second kappa shape index (κ2) is 7.87. The third-order valence-corrected chi connectivity index (χ3v) is 5.11. The van der Waals surface area contributed by atoms with Crippen molar-refractivity contribution in [1.29, 1.82) is 0 Å². The quantitative estimate of drug-likeness (QED) is 0.448. The molecule has 2 aromatic heterocycles. The molecule has 0 aliphatic heterocycles. The first-order valence-electron chi connectivity index (χ1n) is 9.53. The topological polar surface area (TPSA) is 61.0 Å². The van der Waals surface area contributed by atoms with Gasteiger partial charge in [-0.1, -0.05) is 55.8 Å². The van der Waals surface area contributed by atoms with Gasteiger partial charge in [-0.3, -0.25) is 0 Å². The molecule has 0 saturated carbocycles. The number of benzene rings is 2. The van der Waals surface area contributed by atoms with E-state index in [1.54, 1.807) is 6.20 Å². The third kappa shape index (κ3) is 4.19. The molecule has 0 spiro atoms. The molecule has 0 saturated heterocycles. The van der Waals surface area contributed by atoms with Gasteiger partial charge < -0.3 is 9.15 Å². The highest BCUT2D eigenvalue weighted by atomic mass is 16.5. The fourth-order valence-corrected chi connectivity index (χ4v) is 3.18. The Morgan fingerprint density at radius 3 is 2.24 bits per heavy atom. The van der Waals surface area contributed by atoms with Crippen LogP contribution in [0.5, 0.6) is 5.75 Å². The van der Waals surface area contributed by atoms with Crippen molar-refractivity contribution in [2.24, 2.45) is 0 Å². The van der Waals surface area contributed by atoms with E-state index in [0.29, 0.717) is 18.1 Å². The third-order valence-electron chi connectivity index (χ3n) is 5.11. The van der Waals surface area contributed by atoms with Crippen molar-refractivity contribution < 1.29 is 9.15 Å². The molecule has 5 nitrogen and oxygen atoms in total. The van der Waals surface area contributed by atoms with Crippen LogP contribution >= 0.6 is 0 Å². The highest BCUT2D eigenvalue weighted by Gasteiger charge is 2.22. The monoisotopic (exact) mass is 385 g/mol. The summed E-state index contributed by atoms with van der Waals surface area (Å²) >= 11 is 0. The minimum atomic E-state index is -0.0780. The van der Waals surface area contributed by atoms with Gasteiger partial charge in [-0.05, 0) is 36.2 Å². The molecular formula is C24H23N3O2. The summed E-state index contributed by atoms with van der Waals surface area (Å²) in [6.07, 6.45) is 4.58. The smallest absolute Gasteiger partial charge is 0.181 e. The maximum Gasteiger partial charge on any atom is 0.181 e. The minimum Gasteiger partial charge on any atom is -0.487 e. The number of ether oxygens (including phenoxy) is 1. The molecule has 146 valence electrons. The number of hydrogen-bond acceptors (Lipinski definition) is 5. The van der Waals surface area contributed by atoms with Gasteiger partial charge in [0.25, 0.3) is 0 Å². The van der Waals surface area contributed by atoms with Crippen LogP contribution < -0.4 is 4.74 Å². The van der Waals surface area contributed by atoms with Gasteiger partial charge in [0.1, 0.15) is 24.3 Å². The molecule has 0 aliphatic rings.